The van der Waals surface area contributed by atoms with Crippen LogP contribution in [0, 0.1) is 46.5 Å². The largest absolute Gasteiger partial charge is 0.322 e. The van der Waals surface area contributed by atoms with Gasteiger partial charge in [0, 0.05) is 16.8 Å². The molecular weight excluding hydrogens is 596 g/mol. The van der Waals surface area contributed by atoms with E-state index in [9.17, 15) is 44.7 Å². The maximum Gasteiger partial charge on any atom is 0.258 e. The van der Waals surface area contributed by atoms with Crippen molar-refractivity contribution >= 4 is 23.2 Å². The van der Waals surface area contributed by atoms with E-state index in [1.165, 1.54) is 24.3 Å². The first-order valence-electron chi connectivity index (χ1n) is 13.4. The highest BCUT2D eigenvalue weighted by molar-refractivity contribution is 6.05. The van der Waals surface area contributed by atoms with Crippen LogP contribution in [-0.4, -0.2) is 11.8 Å². The predicted octanol–water partition coefficient (Wildman–Crippen LogP) is 8.55. The van der Waals surface area contributed by atoms with Crippen molar-refractivity contribution in [2.75, 3.05) is 10.6 Å². The molecule has 44 heavy (non-hydrogen) atoms. The van der Waals surface area contributed by atoms with Gasteiger partial charge in [0.05, 0.1) is 11.1 Å². The molecule has 1 saturated carbocycles. The zero-order valence-corrected chi connectivity index (χ0v) is 22.6. The van der Waals surface area contributed by atoms with Gasteiger partial charge in [-0.2, -0.15) is 0 Å². The summed E-state index contributed by atoms with van der Waals surface area (Å²) in [4.78, 5) is 25.0. The first kappa shape index (κ1) is 30.7. The molecule has 0 spiro atoms. The summed E-state index contributed by atoms with van der Waals surface area (Å²) in [5.41, 5.74) is -0.402. The molecular formula is C32H22F8N2O2. The molecule has 4 nitrogen and oxygen atoms in total. The van der Waals surface area contributed by atoms with Crippen LogP contribution < -0.4 is 10.6 Å². The molecule has 4 aromatic carbocycles. The van der Waals surface area contributed by atoms with Crippen molar-refractivity contribution in [3.8, 4) is 0 Å². The van der Waals surface area contributed by atoms with Crippen LogP contribution in [0.4, 0.5) is 46.5 Å². The minimum absolute atomic E-state index is 0.188. The van der Waals surface area contributed by atoms with Crippen molar-refractivity contribution in [1.29, 1.82) is 0 Å². The van der Waals surface area contributed by atoms with E-state index >= 15 is 0 Å². The lowest BCUT2D eigenvalue weighted by Crippen LogP contribution is -2.30. The fraction of sp³-hybridized carbons (Fsp3) is 0.188. The number of nitrogens with one attached hydrogen (secondary N) is 2. The Labute approximate surface area is 245 Å². The second-order valence-electron chi connectivity index (χ2n) is 10.4. The van der Waals surface area contributed by atoms with E-state index in [4.69, 9.17) is 0 Å². The van der Waals surface area contributed by atoms with Gasteiger partial charge >= 0.3 is 0 Å². The Balaban J connectivity index is 1.36. The minimum Gasteiger partial charge on any atom is -0.322 e. The van der Waals surface area contributed by atoms with Gasteiger partial charge in [0.15, 0.2) is 46.5 Å². The summed E-state index contributed by atoms with van der Waals surface area (Å²) in [7, 11) is 0. The van der Waals surface area contributed by atoms with Crippen molar-refractivity contribution in [2.45, 2.75) is 37.5 Å². The molecule has 4 aromatic rings. The smallest absolute Gasteiger partial charge is 0.258 e. The third kappa shape index (κ3) is 5.63. The Kier molecular flexibility index (Phi) is 8.44. The lowest BCUT2D eigenvalue weighted by atomic mass is 9.65. The van der Waals surface area contributed by atoms with Crippen LogP contribution in [0.15, 0.2) is 60.7 Å². The van der Waals surface area contributed by atoms with Crippen molar-refractivity contribution in [3.05, 3.63) is 129 Å². The number of anilines is 2. The Morgan fingerprint density at radius 2 is 0.864 bits per heavy atom. The Morgan fingerprint density at radius 3 is 1.23 bits per heavy atom. The lowest BCUT2D eigenvalue weighted by Gasteiger charge is -2.39. The zero-order valence-electron chi connectivity index (χ0n) is 22.6. The average Bonchev–Trinajstić information content (AvgIpc) is 3.03. The number of halogens is 8. The van der Waals surface area contributed by atoms with Gasteiger partial charge in [-0.3, -0.25) is 9.59 Å². The van der Waals surface area contributed by atoms with Crippen LogP contribution in [0.1, 0.15) is 63.9 Å². The van der Waals surface area contributed by atoms with E-state index in [1.807, 2.05) is 0 Å². The molecule has 0 atom stereocenters. The maximum atomic E-state index is 14.1. The summed E-state index contributed by atoms with van der Waals surface area (Å²) in [5, 5.41) is 4.68. The Hall–Kier alpha value is -4.74. The van der Waals surface area contributed by atoms with Crippen LogP contribution in [0.2, 0.25) is 0 Å². The van der Waals surface area contributed by atoms with Gasteiger partial charge in [-0.25, -0.2) is 35.1 Å². The van der Waals surface area contributed by atoms with Crippen LogP contribution >= 0.6 is 0 Å². The first-order chi connectivity index (χ1) is 20.9. The molecule has 0 bridgehead atoms. The topological polar surface area (TPSA) is 58.2 Å². The number of hydrogen-bond acceptors (Lipinski definition) is 2. The van der Waals surface area contributed by atoms with E-state index in [1.54, 1.807) is 24.3 Å². The van der Waals surface area contributed by atoms with Crippen LogP contribution in [-0.2, 0) is 5.41 Å². The molecule has 0 heterocycles. The van der Waals surface area contributed by atoms with Gasteiger partial charge in [0.2, 0.25) is 0 Å². The summed E-state index contributed by atoms with van der Waals surface area (Å²) in [6.45, 7) is 0. The summed E-state index contributed by atoms with van der Waals surface area (Å²) in [6.07, 6.45) is 4.25. The van der Waals surface area contributed by atoms with Crippen molar-refractivity contribution in [2.24, 2.45) is 0 Å². The number of carbonyl (C=O) groups excluding carboxylic acids is 2. The third-order valence-corrected chi connectivity index (χ3v) is 7.79. The van der Waals surface area contributed by atoms with Gasteiger partial charge in [-0.1, -0.05) is 43.5 Å². The SMILES string of the molecule is O=C(Nc1ccc(C2(c3ccc(NC(=O)c4cc(F)c(F)c(F)c4F)cc3)CCCCC2)cc1)c1cc(F)c(F)c(F)c1F. The highest BCUT2D eigenvalue weighted by atomic mass is 19.2. The molecule has 228 valence electrons. The summed E-state index contributed by atoms with van der Waals surface area (Å²) in [6, 6.07) is 13.6. The van der Waals surface area contributed by atoms with Crippen molar-refractivity contribution in [3.63, 3.8) is 0 Å². The summed E-state index contributed by atoms with van der Waals surface area (Å²) >= 11 is 0. The van der Waals surface area contributed by atoms with Gasteiger partial charge in [-0.05, 0) is 60.4 Å². The fourth-order valence-corrected chi connectivity index (χ4v) is 5.52. The van der Waals surface area contributed by atoms with E-state index in [0.717, 1.165) is 43.2 Å². The monoisotopic (exact) mass is 618 g/mol. The highest BCUT2D eigenvalue weighted by Gasteiger charge is 2.36. The Morgan fingerprint density at radius 1 is 0.500 bits per heavy atom. The predicted molar refractivity (Wildman–Crippen MR) is 145 cm³/mol. The summed E-state index contributed by atoms with van der Waals surface area (Å²) < 4.78 is 109. The van der Waals surface area contributed by atoms with Crippen LogP contribution in [0.3, 0.4) is 0 Å². The maximum absolute atomic E-state index is 14.1. The first-order valence-corrected chi connectivity index (χ1v) is 13.4. The molecule has 0 saturated heterocycles. The number of hydrogen-bond donors (Lipinski definition) is 2. The van der Waals surface area contributed by atoms with Crippen molar-refractivity contribution < 1.29 is 44.7 Å². The normalized spacial score (nSPS) is 14.3. The highest BCUT2D eigenvalue weighted by Crippen LogP contribution is 2.45. The quantitative estimate of drug-likeness (QED) is 0.129. The number of rotatable bonds is 6. The molecule has 12 heteroatoms. The molecule has 0 unspecified atom stereocenters. The zero-order chi connectivity index (χ0) is 31.8. The molecule has 0 radical (unpaired) electrons. The lowest BCUT2D eigenvalue weighted by molar-refractivity contribution is 0.101. The van der Waals surface area contributed by atoms with Gasteiger partial charge in [0.25, 0.3) is 11.8 Å². The molecule has 5 rings (SSSR count). The standard InChI is InChI=1S/C32H22F8N2O2/c33-22-14-20(24(35)28(39)26(22)37)30(43)41-18-8-4-16(5-9-18)32(12-2-1-3-13-32)17-6-10-19(11-7-17)42-31(44)21-15-23(34)27(38)29(40)25(21)36/h4-11,14-15H,1-3,12-13H2,(H,41,43)(H,42,44). The second-order valence-corrected chi connectivity index (χ2v) is 10.4. The van der Waals surface area contributed by atoms with E-state index in [-0.39, 0.29) is 23.5 Å². The second kappa shape index (κ2) is 12.1. The third-order valence-electron chi connectivity index (χ3n) is 7.79. The molecule has 1 fully saturated rings. The molecule has 0 aliphatic heterocycles. The average molecular weight is 619 g/mol. The van der Waals surface area contributed by atoms with Crippen LogP contribution in [0.25, 0.3) is 0 Å². The number of benzene rings is 4. The molecule has 0 aromatic heterocycles. The van der Waals surface area contributed by atoms with Gasteiger partial charge in [0.1, 0.15) is 0 Å². The number of amides is 2. The van der Waals surface area contributed by atoms with Gasteiger partial charge in [-0.15, -0.1) is 0 Å². The Bertz CT molecular complexity index is 1630. The fourth-order valence-electron chi connectivity index (χ4n) is 5.52. The molecule has 2 amide bonds. The molecule has 2 N–H and O–H groups in total. The summed E-state index contributed by atoms with van der Waals surface area (Å²) in [5.74, 6) is -17.6. The van der Waals surface area contributed by atoms with E-state index in [0.29, 0.717) is 0 Å². The minimum atomic E-state index is -2.10. The van der Waals surface area contributed by atoms with Crippen LogP contribution in [0.5, 0.6) is 0 Å². The van der Waals surface area contributed by atoms with Crippen molar-refractivity contribution in [1.82, 2.24) is 0 Å². The van der Waals surface area contributed by atoms with E-state index in [2.05, 4.69) is 10.6 Å². The molecule has 1 aliphatic rings. The number of carbonyl (C=O) groups is 2. The molecule has 1 aliphatic carbocycles. The van der Waals surface area contributed by atoms with Gasteiger partial charge < -0.3 is 10.6 Å². The van der Waals surface area contributed by atoms with E-state index < -0.39 is 74.9 Å².